The maximum Gasteiger partial charge on any atom is 0.226 e. The molecule has 0 bridgehead atoms. The molecule has 0 spiro atoms. The van der Waals surface area contributed by atoms with Gasteiger partial charge in [-0.15, -0.1) is 11.8 Å². The van der Waals surface area contributed by atoms with E-state index in [1.807, 2.05) is 72.1 Å². The molecule has 0 unspecified atom stereocenters. The van der Waals surface area contributed by atoms with Gasteiger partial charge in [0.15, 0.2) is 0 Å². The van der Waals surface area contributed by atoms with Crippen molar-refractivity contribution in [3.8, 4) is 0 Å². The summed E-state index contributed by atoms with van der Waals surface area (Å²) in [6.45, 7) is 4.83. The molecule has 0 saturated carbocycles. The minimum absolute atomic E-state index is 0.0298. The van der Waals surface area contributed by atoms with E-state index in [0.717, 1.165) is 13.0 Å². The average Bonchev–Trinajstić information content (AvgIpc) is 3.06. The second-order valence-corrected chi connectivity index (χ2v) is 9.36. The largest absolute Gasteiger partial charge is 0.339 e. The molecule has 1 amide bonds. The third-order valence-electron chi connectivity index (χ3n) is 4.76. The second kappa shape index (κ2) is 9.47. The van der Waals surface area contributed by atoms with Crippen LogP contribution in [-0.2, 0) is 4.79 Å². The molecule has 142 valence electrons. The molecular formula is C22H25NO2S2. The maximum absolute atomic E-state index is 12.9. The molecular weight excluding hydrogens is 374 g/mol. The summed E-state index contributed by atoms with van der Waals surface area (Å²) >= 11 is 3.09. The number of carbonyl (C=O) groups excluding carboxylic acids is 2. The Morgan fingerprint density at radius 2 is 1.70 bits per heavy atom. The first-order chi connectivity index (χ1) is 13.0. The first-order valence-electron chi connectivity index (χ1n) is 9.29. The van der Waals surface area contributed by atoms with Crippen LogP contribution in [0.1, 0.15) is 30.6 Å². The van der Waals surface area contributed by atoms with Crippen LogP contribution in [0.4, 0.5) is 0 Å². The molecule has 5 heteroatoms. The van der Waals surface area contributed by atoms with Crippen LogP contribution in [0.15, 0.2) is 65.6 Å². The third-order valence-corrected chi connectivity index (χ3v) is 7.14. The smallest absolute Gasteiger partial charge is 0.226 e. The highest BCUT2D eigenvalue weighted by molar-refractivity contribution is 8.14. The van der Waals surface area contributed by atoms with Crippen LogP contribution in [0, 0.1) is 5.92 Å². The number of nitrogens with zero attached hydrogens (tertiary/aromatic N) is 1. The standard InChI is InChI=1S/C22H25NO2S2/c1-16(15-26-22(25)18-9-5-3-6-10-18)21(24)23-14-20(13-17(23)2)27-19-11-7-4-8-12-19/h3-12,16-17,20H,13-15H2,1-2H3/t16-,17-,20+/m1/s1. The van der Waals surface area contributed by atoms with E-state index in [-0.39, 0.29) is 23.0 Å². The Morgan fingerprint density at radius 1 is 1.07 bits per heavy atom. The zero-order chi connectivity index (χ0) is 19.2. The highest BCUT2D eigenvalue weighted by Gasteiger charge is 2.34. The van der Waals surface area contributed by atoms with Gasteiger partial charge >= 0.3 is 0 Å². The molecule has 0 N–H and O–H groups in total. The molecule has 3 atom stereocenters. The summed E-state index contributed by atoms with van der Waals surface area (Å²) in [5, 5.41) is 0.458. The Bertz CT molecular complexity index is 766. The van der Waals surface area contributed by atoms with Crippen molar-refractivity contribution < 1.29 is 9.59 Å². The van der Waals surface area contributed by atoms with Crippen LogP contribution in [-0.4, -0.2) is 39.5 Å². The fourth-order valence-corrected chi connectivity index (χ4v) is 5.43. The van der Waals surface area contributed by atoms with Gasteiger partial charge in [-0.25, -0.2) is 0 Å². The lowest BCUT2D eigenvalue weighted by atomic mass is 10.1. The molecule has 1 aliphatic heterocycles. The van der Waals surface area contributed by atoms with Gasteiger partial charge in [0.2, 0.25) is 11.0 Å². The van der Waals surface area contributed by atoms with Gasteiger partial charge in [-0.05, 0) is 25.5 Å². The van der Waals surface area contributed by atoms with Crippen molar-refractivity contribution >= 4 is 34.5 Å². The number of hydrogen-bond acceptors (Lipinski definition) is 4. The van der Waals surface area contributed by atoms with Crippen molar-refractivity contribution in [1.82, 2.24) is 4.90 Å². The highest BCUT2D eigenvalue weighted by Crippen LogP contribution is 2.33. The molecule has 1 saturated heterocycles. The molecule has 2 aromatic carbocycles. The number of benzene rings is 2. The quantitative estimate of drug-likeness (QED) is 0.687. The predicted octanol–water partition coefficient (Wildman–Crippen LogP) is 4.98. The van der Waals surface area contributed by atoms with Crippen LogP contribution in [0.5, 0.6) is 0 Å². The highest BCUT2D eigenvalue weighted by atomic mass is 32.2. The van der Waals surface area contributed by atoms with Gasteiger partial charge in [-0.2, -0.15) is 0 Å². The molecule has 0 aromatic heterocycles. The molecule has 3 rings (SSSR count). The predicted molar refractivity (Wildman–Crippen MR) is 114 cm³/mol. The van der Waals surface area contributed by atoms with Gasteiger partial charge in [0.05, 0.1) is 0 Å². The Kier molecular flexibility index (Phi) is 7.02. The van der Waals surface area contributed by atoms with Crippen molar-refractivity contribution in [2.24, 2.45) is 5.92 Å². The lowest BCUT2D eigenvalue weighted by molar-refractivity contribution is -0.134. The topological polar surface area (TPSA) is 37.4 Å². The zero-order valence-corrected chi connectivity index (χ0v) is 17.3. The zero-order valence-electron chi connectivity index (χ0n) is 15.7. The molecule has 27 heavy (non-hydrogen) atoms. The molecule has 3 nitrogen and oxygen atoms in total. The lowest BCUT2D eigenvalue weighted by Crippen LogP contribution is -2.38. The van der Waals surface area contributed by atoms with Gasteiger partial charge < -0.3 is 4.90 Å². The first kappa shape index (κ1) is 20.0. The molecule has 2 aromatic rings. The van der Waals surface area contributed by atoms with E-state index in [2.05, 4.69) is 19.1 Å². The first-order valence-corrected chi connectivity index (χ1v) is 11.2. The molecule has 1 fully saturated rings. The van der Waals surface area contributed by atoms with Crippen molar-refractivity contribution in [1.29, 1.82) is 0 Å². The summed E-state index contributed by atoms with van der Waals surface area (Å²) in [4.78, 5) is 28.4. The molecule has 0 aliphatic carbocycles. The number of likely N-dealkylation sites (tertiary alicyclic amines) is 1. The monoisotopic (exact) mass is 399 g/mol. The average molecular weight is 400 g/mol. The Morgan fingerprint density at radius 3 is 2.37 bits per heavy atom. The summed E-state index contributed by atoms with van der Waals surface area (Å²) in [5.41, 5.74) is 0.691. The van der Waals surface area contributed by atoms with Gasteiger partial charge in [-0.1, -0.05) is 67.2 Å². The number of hydrogen-bond donors (Lipinski definition) is 0. The fraction of sp³-hybridized carbons (Fsp3) is 0.364. The lowest BCUT2D eigenvalue weighted by Gasteiger charge is -2.24. The Labute approximate surface area is 169 Å². The number of amides is 1. The number of carbonyl (C=O) groups is 2. The van der Waals surface area contributed by atoms with Gasteiger partial charge in [-0.3, -0.25) is 9.59 Å². The van der Waals surface area contributed by atoms with E-state index in [1.165, 1.54) is 16.7 Å². The van der Waals surface area contributed by atoms with Crippen LogP contribution < -0.4 is 0 Å². The van der Waals surface area contributed by atoms with Gasteiger partial charge in [0, 0.05) is 40.0 Å². The maximum atomic E-state index is 12.9. The van der Waals surface area contributed by atoms with Gasteiger partial charge in [0.1, 0.15) is 0 Å². The van der Waals surface area contributed by atoms with E-state index in [4.69, 9.17) is 0 Å². The Hall–Kier alpha value is -1.72. The van der Waals surface area contributed by atoms with Crippen LogP contribution >= 0.6 is 23.5 Å². The summed E-state index contributed by atoms with van der Waals surface area (Å²) in [6.07, 6.45) is 1.01. The number of thioether (sulfide) groups is 2. The van der Waals surface area contributed by atoms with Crippen molar-refractivity contribution in [3.63, 3.8) is 0 Å². The summed E-state index contributed by atoms with van der Waals surface area (Å²) in [7, 11) is 0. The van der Waals surface area contributed by atoms with Crippen molar-refractivity contribution in [2.75, 3.05) is 12.3 Å². The third kappa shape index (κ3) is 5.39. The molecule has 1 heterocycles. The van der Waals surface area contributed by atoms with E-state index < -0.39 is 0 Å². The van der Waals surface area contributed by atoms with Crippen molar-refractivity contribution in [2.45, 2.75) is 36.5 Å². The summed E-state index contributed by atoms with van der Waals surface area (Å²) < 4.78 is 0. The summed E-state index contributed by atoms with van der Waals surface area (Å²) in [6, 6.07) is 19.8. The number of rotatable bonds is 6. The van der Waals surface area contributed by atoms with E-state index in [0.29, 0.717) is 16.6 Å². The van der Waals surface area contributed by atoms with Gasteiger partial charge in [0.25, 0.3) is 0 Å². The van der Waals surface area contributed by atoms with Crippen LogP contribution in [0.2, 0.25) is 0 Å². The van der Waals surface area contributed by atoms with Crippen molar-refractivity contribution in [3.05, 3.63) is 66.2 Å². The summed E-state index contributed by atoms with van der Waals surface area (Å²) in [5.74, 6) is 0.518. The van der Waals surface area contributed by atoms with E-state index in [1.54, 1.807) is 0 Å². The van der Waals surface area contributed by atoms with Crippen LogP contribution in [0.25, 0.3) is 0 Å². The fourth-order valence-electron chi connectivity index (χ4n) is 3.28. The SMILES string of the molecule is C[C@H](CSC(=O)c1ccccc1)C(=O)N1C[C@@H](Sc2ccccc2)C[C@H]1C. The minimum atomic E-state index is -0.161. The Balaban J connectivity index is 1.51. The molecule has 1 aliphatic rings. The molecule has 0 radical (unpaired) electrons. The normalized spacial score (nSPS) is 20.4. The van der Waals surface area contributed by atoms with E-state index in [9.17, 15) is 9.59 Å². The second-order valence-electron chi connectivity index (χ2n) is 6.99. The minimum Gasteiger partial charge on any atom is -0.339 e. The van der Waals surface area contributed by atoms with E-state index >= 15 is 0 Å². The van der Waals surface area contributed by atoms with Crippen LogP contribution in [0.3, 0.4) is 0 Å².